The maximum atomic E-state index is 11.0. The van der Waals surface area contributed by atoms with Crippen molar-refractivity contribution in [2.75, 3.05) is 12.4 Å². The van der Waals surface area contributed by atoms with E-state index in [1.54, 1.807) is 0 Å². The van der Waals surface area contributed by atoms with Gasteiger partial charge in [0.1, 0.15) is 12.2 Å². The highest BCUT2D eigenvalue weighted by molar-refractivity contribution is 7.80. The molecule has 0 aliphatic rings. The molecule has 0 aromatic carbocycles. The molecule has 0 amide bonds. The maximum absolute atomic E-state index is 11.0. The Balaban J connectivity index is 4.09. The van der Waals surface area contributed by atoms with Crippen LogP contribution in [-0.2, 0) is 4.79 Å². The molecule has 0 fully saturated rings. The highest BCUT2D eigenvalue weighted by Gasteiger charge is 2.27. The molecule has 0 radical (unpaired) electrons. The van der Waals surface area contributed by atoms with Crippen molar-refractivity contribution >= 4 is 18.4 Å². The van der Waals surface area contributed by atoms with E-state index in [-0.39, 0.29) is 5.75 Å². The summed E-state index contributed by atoms with van der Waals surface area (Å²) < 4.78 is 0. The number of aliphatic hydroxyl groups is 3. The van der Waals surface area contributed by atoms with Gasteiger partial charge in [-0.3, -0.25) is 4.79 Å². The molecule has 0 saturated carbocycles. The van der Waals surface area contributed by atoms with E-state index < -0.39 is 30.6 Å². The number of rotatable bonds is 5. The van der Waals surface area contributed by atoms with Gasteiger partial charge in [-0.1, -0.05) is 0 Å². The second-order valence-corrected chi connectivity index (χ2v) is 2.75. The summed E-state index contributed by atoms with van der Waals surface area (Å²) in [6, 6.07) is -0.912. The lowest BCUT2D eigenvalue weighted by atomic mass is 10.1. The summed E-state index contributed by atoms with van der Waals surface area (Å²) in [6.45, 7) is -0.674. The van der Waals surface area contributed by atoms with E-state index >= 15 is 0 Å². The van der Waals surface area contributed by atoms with Gasteiger partial charge in [0.25, 0.3) is 0 Å². The molecule has 12 heavy (non-hydrogen) atoms. The zero-order chi connectivity index (χ0) is 9.72. The van der Waals surface area contributed by atoms with Crippen LogP contribution in [-0.4, -0.2) is 51.7 Å². The number of carbonyl (C=O) groups is 1. The molecule has 0 bridgehead atoms. The van der Waals surface area contributed by atoms with Crippen molar-refractivity contribution in [1.82, 2.24) is 0 Å². The quantitative estimate of drug-likeness (QED) is 0.313. The molecule has 0 aromatic rings. The number of ketones is 1. The monoisotopic (exact) mass is 195 g/mol. The van der Waals surface area contributed by atoms with E-state index in [1.807, 2.05) is 0 Å². The Hall–Kier alpha value is -0.140. The lowest BCUT2D eigenvalue weighted by molar-refractivity contribution is -0.135. The van der Waals surface area contributed by atoms with E-state index in [4.69, 9.17) is 21.1 Å². The van der Waals surface area contributed by atoms with Gasteiger partial charge in [0.15, 0.2) is 5.78 Å². The van der Waals surface area contributed by atoms with Crippen LogP contribution >= 0.6 is 12.6 Å². The third-order valence-electron chi connectivity index (χ3n) is 1.41. The van der Waals surface area contributed by atoms with Crippen molar-refractivity contribution in [2.24, 2.45) is 5.73 Å². The predicted molar refractivity (Wildman–Crippen MR) is 45.9 cm³/mol. The van der Waals surface area contributed by atoms with Crippen LogP contribution in [0.1, 0.15) is 0 Å². The van der Waals surface area contributed by atoms with Crippen LogP contribution in [0.5, 0.6) is 0 Å². The first-order valence-electron chi connectivity index (χ1n) is 3.41. The number of hydrogen-bond acceptors (Lipinski definition) is 6. The van der Waals surface area contributed by atoms with Crippen molar-refractivity contribution in [3.63, 3.8) is 0 Å². The van der Waals surface area contributed by atoms with Crippen LogP contribution in [0.15, 0.2) is 0 Å². The van der Waals surface area contributed by atoms with Gasteiger partial charge in [-0.15, -0.1) is 0 Å². The summed E-state index contributed by atoms with van der Waals surface area (Å²) in [6.07, 6.45) is -3.10. The minimum Gasteiger partial charge on any atom is -0.394 e. The van der Waals surface area contributed by atoms with Crippen LogP contribution in [0.25, 0.3) is 0 Å². The SMILES string of the molecule is NC(CS)C(=O)C(O)C(O)CO. The molecule has 3 atom stereocenters. The third kappa shape index (κ3) is 3.08. The minimum absolute atomic E-state index is 0.0913. The molecule has 0 heterocycles. The summed E-state index contributed by atoms with van der Waals surface area (Å²) in [7, 11) is 0. The van der Waals surface area contributed by atoms with Crippen LogP contribution in [0.2, 0.25) is 0 Å². The van der Waals surface area contributed by atoms with E-state index in [0.29, 0.717) is 0 Å². The largest absolute Gasteiger partial charge is 0.394 e. The first-order valence-corrected chi connectivity index (χ1v) is 4.05. The van der Waals surface area contributed by atoms with Crippen molar-refractivity contribution in [3.8, 4) is 0 Å². The molecule has 0 spiro atoms. The van der Waals surface area contributed by atoms with E-state index in [2.05, 4.69) is 12.6 Å². The first-order chi connectivity index (χ1) is 5.54. The van der Waals surface area contributed by atoms with Crippen LogP contribution in [0, 0.1) is 0 Å². The molecular formula is C6H13NO4S. The summed E-state index contributed by atoms with van der Waals surface area (Å²) in [5.41, 5.74) is 5.23. The Bertz CT molecular complexity index is 154. The predicted octanol–water partition coefficient (Wildman–Crippen LogP) is -2.47. The second-order valence-electron chi connectivity index (χ2n) is 2.39. The van der Waals surface area contributed by atoms with Crippen LogP contribution in [0.3, 0.4) is 0 Å². The van der Waals surface area contributed by atoms with Crippen LogP contribution < -0.4 is 5.73 Å². The molecule has 0 aliphatic heterocycles. The van der Waals surface area contributed by atoms with E-state index in [0.717, 1.165) is 0 Å². The lowest BCUT2D eigenvalue weighted by Crippen LogP contribution is -2.46. The summed E-state index contributed by atoms with van der Waals surface area (Å²) in [4.78, 5) is 11.0. The maximum Gasteiger partial charge on any atom is 0.181 e. The number of Topliss-reactive ketones (excluding diaryl/α,β-unsaturated/α-hetero) is 1. The summed E-state index contributed by atoms with van der Waals surface area (Å²) in [5, 5.41) is 26.2. The van der Waals surface area contributed by atoms with Gasteiger partial charge in [0, 0.05) is 5.75 Å². The normalized spacial score (nSPS) is 18.4. The number of thiol groups is 1. The zero-order valence-corrected chi connectivity index (χ0v) is 7.32. The second kappa shape index (κ2) is 5.50. The van der Waals surface area contributed by atoms with E-state index in [9.17, 15) is 4.79 Å². The van der Waals surface area contributed by atoms with Gasteiger partial charge >= 0.3 is 0 Å². The Morgan fingerprint density at radius 1 is 1.50 bits per heavy atom. The van der Waals surface area contributed by atoms with Gasteiger partial charge in [0.05, 0.1) is 12.6 Å². The molecule has 0 aliphatic carbocycles. The highest BCUT2D eigenvalue weighted by atomic mass is 32.1. The van der Waals surface area contributed by atoms with Crippen molar-refractivity contribution < 1.29 is 20.1 Å². The fourth-order valence-corrected chi connectivity index (χ4v) is 0.779. The standard InChI is InChI=1S/C6H13NO4S/c7-3(2-12)5(10)6(11)4(9)1-8/h3-4,6,8-9,11-12H,1-2,7H2. The molecule has 0 rings (SSSR count). The van der Waals surface area contributed by atoms with Crippen molar-refractivity contribution in [1.29, 1.82) is 0 Å². The summed E-state index contributed by atoms with van der Waals surface area (Å²) in [5.74, 6) is -0.625. The Morgan fingerprint density at radius 2 is 2.00 bits per heavy atom. The zero-order valence-electron chi connectivity index (χ0n) is 6.42. The van der Waals surface area contributed by atoms with Gasteiger partial charge in [-0.25, -0.2) is 0 Å². The number of hydrogen-bond donors (Lipinski definition) is 5. The topological polar surface area (TPSA) is 104 Å². The van der Waals surface area contributed by atoms with Crippen LogP contribution in [0.4, 0.5) is 0 Å². The molecular weight excluding hydrogens is 182 g/mol. The molecule has 0 saturated heterocycles. The highest BCUT2D eigenvalue weighted by Crippen LogP contribution is 1.98. The van der Waals surface area contributed by atoms with Gasteiger partial charge in [-0.05, 0) is 0 Å². The third-order valence-corrected chi connectivity index (χ3v) is 1.80. The number of aliphatic hydroxyl groups excluding tert-OH is 3. The lowest BCUT2D eigenvalue weighted by Gasteiger charge is -2.17. The fraction of sp³-hybridized carbons (Fsp3) is 0.833. The molecule has 5 nitrogen and oxygen atoms in total. The fourth-order valence-electron chi connectivity index (χ4n) is 0.599. The van der Waals surface area contributed by atoms with Gasteiger partial charge in [-0.2, -0.15) is 12.6 Å². The Labute approximate surface area is 75.6 Å². The minimum atomic E-state index is -1.63. The smallest absolute Gasteiger partial charge is 0.181 e. The van der Waals surface area contributed by atoms with Gasteiger partial charge < -0.3 is 21.1 Å². The molecule has 5 N–H and O–H groups in total. The average Bonchev–Trinajstić information content (AvgIpc) is 2.12. The molecule has 3 unspecified atom stereocenters. The number of carbonyl (C=O) groups excluding carboxylic acids is 1. The average molecular weight is 195 g/mol. The van der Waals surface area contributed by atoms with Crippen molar-refractivity contribution in [3.05, 3.63) is 0 Å². The molecule has 72 valence electrons. The van der Waals surface area contributed by atoms with E-state index in [1.165, 1.54) is 0 Å². The number of nitrogens with two attached hydrogens (primary N) is 1. The van der Waals surface area contributed by atoms with Crippen molar-refractivity contribution in [2.45, 2.75) is 18.2 Å². The Kier molecular flexibility index (Phi) is 5.43. The first kappa shape index (κ1) is 11.9. The Morgan fingerprint density at radius 3 is 2.33 bits per heavy atom. The summed E-state index contributed by atoms with van der Waals surface area (Å²) >= 11 is 3.75. The molecule has 6 heteroatoms. The van der Waals surface area contributed by atoms with Gasteiger partial charge in [0.2, 0.25) is 0 Å². The molecule has 0 aromatic heterocycles.